The summed E-state index contributed by atoms with van der Waals surface area (Å²) >= 11 is 0. The molecule has 118 valence electrons. The third-order valence-corrected chi connectivity index (χ3v) is 3.23. The number of rotatable bonds is 7. The zero-order chi connectivity index (χ0) is 16.2. The molecule has 1 aliphatic heterocycles. The standard InChI is InChI=1S/C13H21N3O5/c1-4-5-6-8(10(18)19)14-9(17)7-16-11(20)13(2,3)15-12(16)21/h8H,4-7H2,1-3H3,(H,14,17)(H,15,21)(H,18,19). The summed E-state index contributed by atoms with van der Waals surface area (Å²) in [6, 6.07) is -1.66. The van der Waals surface area contributed by atoms with E-state index in [1.54, 1.807) is 0 Å². The molecule has 0 radical (unpaired) electrons. The van der Waals surface area contributed by atoms with Crippen molar-refractivity contribution in [3.05, 3.63) is 0 Å². The third-order valence-electron chi connectivity index (χ3n) is 3.23. The van der Waals surface area contributed by atoms with Crippen LogP contribution in [-0.2, 0) is 14.4 Å². The fourth-order valence-electron chi connectivity index (χ4n) is 2.01. The predicted molar refractivity (Wildman–Crippen MR) is 73.4 cm³/mol. The first-order valence-corrected chi connectivity index (χ1v) is 6.85. The molecule has 0 saturated carbocycles. The highest BCUT2D eigenvalue weighted by atomic mass is 16.4. The van der Waals surface area contributed by atoms with E-state index in [9.17, 15) is 19.2 Å². The van der Waals surface area contributed by atoms with Crippen LogP contribution in [0, 0.1) is 0 Å². The van der Waals surface area contributed by atoms with Crippen molar-refractivity contribution < 1.29 is 24.3 Å². The number of carbonyl (C=O) groups excluding carboxylic acids is 3. The summed E-state index contributed by atoms with van der Waals surface area (Å²) in [5.41, 5.74) is -1.05. The first-order chi connectivity index (χ1) is 9.69. The lowest BCUT2D eigenvalue weighted by molar-refractivity contribution is -0.142. The summed E-state index contributed by atoms with van der Waals surface area (Å²) in [4.78, 5) is 47.2. The maximum absolute atomic E-state index is 11.9. The van der Waals surface area contributed by atoms with Crippen LogP contribution < -0.4 is 10.6 Å². The van der Waals surface area contributed by atoms with E-state index in [0.717, 1.165) is 11.3 Å². The molecule has 1 aliphatic rings. The van der Waals surface area contributed by atoms with Gasteiger partial charge in [0.05, 0.1) is 0 Å². The number of carboxylic acid groups (broad SMARTS) is 1. The Kier molecular flexibility index (Phi) is 5.28. The maximum atomic E-state index is 11.9. The van der Waals surface area contributed by atoms with E-state index in [1.807, 2.05) is 6.92 Å². The van der Waals surface area contributed by atoms with Gasteiger partial charge in [0.25, 0.3) is 5.91 Å². The first-order valence-electron chi connectivity index (χ1n) is 6.85. The van der Waals surface area contributed by atoms with E-state index in [1.165, 1.54) is 13.8 Å². The number of hydrogen-bond donors (Lipinski definition) is 3. The summed E-state index contributed by atoms with van der Waals surface area (Å²) in [6.07, 6.45) is 1.78. The van der Waals surface area contributed by atoms with Crippen LogP contribution in [0.5, 0.6) is 0 Å². The van der Waals surface area contributed by atoms with Gasteiger partial charge < -0.3 is 15.7 Å². The number of amides is 4. The lowest BCUT2D eigenvalue weighted by atomic mass is 10.1. The van der Waals surface area contributed by atoms with Crippen LogP contribution in [-0.4, -0.2) is 51.9 Å². The molecule has 0 aliphatic carbocycles. The van der Waals surface area contributed by atoms with Crippen molar-refractivity contribution in [1.82, 2.24) is 15.5 Å². The predicted octanol–water partition coefficient (Wildman–Crippen LogP) is 0.0764. The fourth-order valence-corrected chi connectivity index (χ4v) is 2.01. The van der Waals surface area contributed by atoms with E-state index in [0.29, 0.717) is 12.8 Å². The van der Waals surface area contributed by atoms with Gasteiger partial charge in [0.15, 0.2) is 0 Å². The lowest BCUT2D eigenvalue weighted by Crippen LogP contribution is -2.47. The number of nitrogens with one attached hydrogen (secondary N) is 2. The van der Waals surface area contributed by atoms with Crippen molar-refractivity contribution in [1.29, 1.82) is 0 Å². The minimum Gasteiger partial charge on any atom is -0.480 e. The first kappa shape index (κ1) is 16.9. The Morgan fingerprint density at radius 1 is 1.38 bits per heavy atom. The van der Waals surface area contributed by atoms with Gasteiger partial charge in [0.2, 0.25) is 5.91 Å². The van der Waals surface area contributed by atoms with Crippen molar-refractivity contribution in [2.45, 2.75) is 51.6 Å². The third kappa shape index (κ3) is 4.17. The van der Waals surface area contributed by atoms with Crippen LogP contribution >= 0.6 is 0 Å². The van der Waals surface area contributed by atoms with Crippen LogP contribution in [0.4, 0.5) is 4.79 Å². The van der Waals surface area contributed by atoms with Crippen LogP contribution in [0.1, 0.15) is 40.0 Å². The molecule has 21 heavy (non-hydrogen) atoms. The lowest BCUT2D eigenvalue weighted by Gasteiger charge is -2.18. The highest BCUT2D eigenvalue weighted by molar-refractivity contribution is 6.08. The number of carbonyl (C=O) groups is 4. The largest absolute Gasteiger partial charge is 0.480 e. The molecule has 0 bridgehead atoms. The van der Waals surface area contributed by atoms with E-state index in [4.69, 9.17) is 5.11 Å². The van der Waals surface area contributed by atoms with E-state index < -0.39 is 41.9 Å². The van der Waals surface area contributed by atoms with Crippen LogP contribution in [0.3, 0.4) is 0 Å². The molecule has 1 fully saturated rings. The van der Waals surface area contributed by atoms with E-state index >= 15 is 0 Å². The average molecular weight is 299 g/mol. The Balaban J connectivity index is 2.62. The number of aliphatic carboxylic acids is 1. The molecule has 8 nitrogen and oxygen atoms in total. The molecule has 4 amide bonds. The fraction of sp³-hybridized carbons (Fsp3) is 0.692. The Morgan fingerprint density at radius 3 is 2.43 bits per heavy atom. The molecular formula is C13H21N3O5. The molecule has 0 aromatic heterocycles. The highest BCUT2D eigenvalue weighted by Crippen LogP contribution is 2.16. The average Bonchev–Trinajstić information content (AvgIpc) is 2.56. The number of nitrogens with zero attached hydrogens (tertiary/aromatic N) is 1. The second kappa shape index (κ2) is 6.55. The van der Waals surface area contributed by atoms with Gasteiger partial charge in [-0.15, -0.1) is 0 Å². The van der Waals surface area contributed by atoms with Crippen molar-refractivity contribution >= 4 is 23.8 Å². The van der Waals surface area contributed by atoms with Crippen molar-refractivity contribution in [3.63, 3.8) is 0 Å². The second-order valence-electron chi connectivity index (χ2n) is 5.55. The van der Waals surface area contributed by atoms with Gasteiger partial charge >= 0.3 is 12.0 Å². The normalized spacial score (nSPS) is 18.3. The molecular weight excluding hydrogens is 278 g/mol. The molecule has 1 saturated heterocycles. The quantitative estimate of drug-likeness (QED) is 0.576. The van der Waals surface area contributed by atoms with Crippen LogP contribution in [0.2, 0.25) is 0 Å². The zero-order valence-electron chi connectivity index (χ0n) is 12.4. The molecule has 8 heteroatoms. The van der Waals surface area contributed by atoms with Gasteiger partial charge in [-0.05, 0) is 20.3 Å². The number of urea groups is 1. The zero-order valence-corrected chi connectivity index (χ0v) is 12.4. The van der Waals surface area contributed by atoms with Gasteiger partial charge in [-0.25, -0.2) is 9.59 Å². The SMILES string of the molecule is CCCCC(NC(=O)CN1C(=O)NC(C)(C)C1=O)C(=O)O. The van der Waals surface area contributed by atoms with Crippen LogP contribution in [0.15, 0.2) is 0 Å². The number of hydrogen-bond acceptors (Lipinski definition) is 4. The summed E-state index contributed by atoms with van der Waals surface area (Å²) in [5, 5.41) is 13.8. The van der Waals surface area contributed by atoms with E-state index in [-0.39, 0.29) is 0 Å². The highest BCUT2D eigenvalue weighted by Gasteiger charge is 2.45. The summed E-state index contributed by atoms with van der Waals surface area (Å²) in [7, 11) is 0. The van der Waals surface area contributed by atoms with Crippen molar-refractivity contribution in [2.24, 2.45) is 0 Å². The van der Waals surface area contributed by atoms with Gasteiger partial charge in [-0.2, -0.15) is 0 Å². The number of carboxylic acids is 1. The second-order valence-corrected chi connectivity index (χ2v) is 5.55. The van der Waals surface area contributed by atoms with Gasteiger partial charge in [-0.1, -0.05) is 19.8 Å². The molecule has 1 unspecified atom stereocenters. The molecule has 0 spiro atoms. The summed E-state index contributed by atoms with van der Waals surface area (Å²) < 4.78 is 0. The molecule has 1 heterocycles. The topological polar surface area (TPSA) is 116 Å². The number of imide groups is 1. The monoisotopic (exact) mass is 299 g/mol. The van der Waals surface area contributed by atoms with Crippen LogP contribution in [0.25, 0.3) is 0 Å². The molecule has 3 N–H and O–H groups in total. The molecule has 1 rings (SSSR count). The summed E-state index contributed by atoms with van der Waals surface area (Å²) in [5.74, 6) is -2.31. The Morgan fingerprint density at radius 2 is 2.00 bits per heavy atom. The molecule has 1 atom stereocenters. The van der Waals surface area contributed by atoms with Gasteiger partial charge in [0, 0.05) is 0 Å². The van der Waals surface area contributed by atoms with Crippen molar-refractivity contribution in [3.8, 4) is 0 Å². The van der Waals surface area contributed by atoms with Gasteiger partial charge in [-0.3, -0.25) is 14.5 Å². The molecule has 0 aromatic rings. The minimum absolute atomic E-state index is 0.309. The molecule has 0 aromatic carbocycles. The Labute approximate surface area is 122 Å². The maximum Gasteiger partial charge on any atom is 0.326 e. The minimum atomic E-state index is -1.13. The smallest absolute Gasteiger partial charge is 0.326 e. The Bertz CT molecular complexity index is 461. The number of unbranched alkanes of at least 4 members (excludes halogenated alkanes) is 1. The van der Waals surface area contributed by atoms with E-state index in [2.05, 4.69) is 10.6 Å². The summed E-state index contributed by atoms with van der Waals surface area (Å²) in [6.45, 7) is 4.50. The van der Waals surface area contributed by atoms with Crippen molar-refractivity contribution in [2.75, 3.05) is 6.54 Å². The Hall–Kier alpha value is -2.12. The van der Waals surface area contributed by atoms with Gasteiger partial charge in [0.1, 0.15) is 18.1 Å².